The highest BCUT2D eigenvalue weighted by molar-refractivity contribution is 6.12. The van der Waals surface area contributed by atoms with E-state index in [4.69, 9.17) is 14.2 Å². The maximum atomic E-state index is 13.9. The van der Waals surface area contributed by atoms with Crippen molar-refractivity contribution in [2.75, 3.05) is 26.8 Å². The van der Waals surface area contributed by atoms with Gasteiger partial charge in [0, 0.05) is 18.7 Å². The van der Waals surface area contributed by atoms with E-state index < -0.39 is 17.1 Å². The van der Waals surface area contributed by atoms with E-state index in [0.29, 0.717) is 25.7 Å². The predicted octanol–water partition coefficient (Wildman–Crippen LogP) is 3.19. The number of carbonyl (C=O) groups excluding carboxylic acids is 2. The van der Waals surface area contributed by atoms with Crippen molar-refractivity contribution >= 4 is 11.6 Å². The SMILES string of the molecule is C[C@H](Oc1nccc(C(=O)C2CCCC3(CCCCC34OCCO4)C2=O)n1)[C@@H]1CCCN1C. The van der Waals surface area contributed by atoms with E-state index in [2.05, 4.69) is 21.9 Å². The van der Waals surface area contributed by atoms with Gasteiger partial charge in [-0.3, -0.25) is 14.5 Å². The van der Waals surface area contributed by atoms with Crippen molar-refractivity contribution in [1.29, 1.82) is 0 Å². The summed E-state index contributed by atoms with van der Waals surface area (Å²) >= 11 is 0. The van der Waals surface area contributed by atoms with Crippen LogP contribution >= 0.6 is 0 Å². The van der Waals surface area contributed by atoms with Crippen LogP contribution < -0.4 is 4.74 Å². The van der Waals surface area contributed by atoms with Crippen LogP contribution in [-0.4, -0.2) is 71.2 Å². The number of likely N-dealkylation sites (N-methyl/N-ethyl adjacent to an activating group) is 1. The third-order valence-electron chi connectivity index (χ3n) is 8.34. The monoisotopic (exact) mass is 457 g/mol. The highest BCUT2D eigenvalue weighted by atomic mass is 16.7. The van der Waals surface area contributed by atoms with Crippen LogP contribution in [0, 0.1) is 11.3 Å². The zero-order chi connectivity index (χ0) is 23.1. The van der Waals surface area contributed by atoms with Gasteiger partial charge in [0.15, 0.2) is 17.4 Å². The Morgan fingerprint density at radius 2 is 1.91 bits per heavy atom. The quantitative estimate of drug-likeness (QED) is 0.492. The summed E-state index contributed by atoms with van der Waals surface area (Å²) in [7, 11) is 2.10. The van der Waals surface area contributed by atoms with Gasteiger partial charge in [-0.25, -0.2) is 4.98 Å². The number of aromatic nitrogens is 2. The summed E-state index contributed by atoms with van der Waals surface area (Å²) in [5, 5.41) is 0. The average molecular weight is 458 g/mol. The van der Waals surface area contributed by atoms with Gasteiger partial charge in [-0.2, -0.15) is 4.98 Å². The molecule has 5 rings (SSSR count). The highest BCUT2D eigenvalue weighted by Gasteiger charge is 2.63. The molecule has 8 heteroatoms. The number of fused-ring (bicyclic) bond motifs is 1. The van der Waals surface area contributed by atoms with E-state index >= 15 is 0 Å². The molecule has 33 heavy (non-hydrogen) atoms. The summed E-state index contributed by atoms with van der Waals surface area (Å²) in [6, 6.07) is 2.10. The number of hydrogen-bond donors (Lipinski definition) is 0. The Kier molecular flexibility index (Phi) is 6.27. The van der Waals surface area contributed by atoms with E-state index in [1.165, 1.54) is 0 Å². The first-order chi connectivity index (χ1) is 16.0. The Morgan fingerprint density at radius 1 is 1.15 bits per heavy atom. The Bertz CT molecular complexity index is 898. The molecule has 4 aliphatic rings. The molecule has 3 heterocycles. The third-order valence-corrected chi connectivity index (χ3v) is 8.34. The maximum absolute atomic E-state index is 13.9. The fourth-order valence-electron chi connectivity index (χ4n) is 6.65. The van der Waals surface area contributed by atoms with Crippen molar-refractivity contribution in [3.63, 3.8) is 0 Å². The number of carbonyl (C=O) groups is 2. The Morgan fingerprint density at radius 3 is 2.67 bits per heavy atom. The molecule has 8 nitrogen and oxygen atoms in total. The van der Waals surface area contributed by atoms with Crippen molar-refractivity contribution in [2.45, 2.75) is 82.6 Å². The predicted molar refractivity (Wildman–Crippen MR) is 120 cm³/mol. The molecule has 4 atom stereocenters. The normalized spacial score (nSPS) is 33.0. The van der Waals surface area contributed by atoms with E-state index in [1.807, 2.05) is 6.92 Å². The minimum absolute atomic E-state index is 0.0256. The zero-order valence-electron chi connectivity index (χ0n) is 19.8. The molecule has 2 aliphatic heterocycles. The lowest BCUT2D eigenvalue weighted by Gasteiger charge is -2.51. The first-order valence-corrected chi connectivity index (χ1v) is 12.5. The van der Waals surface area contributed by atoms with Crippen molar-refractivity contribution in [3.05, 3.63) is 18.0 Å². The van der Waals surface area contributed by atoms with Gasteiger partial charge >= 0.3 is 6.01 Å². The molecule has 0 N–H and O–H groups in total. The van der Waals surface area contributed by atoms with Crippen molar-refractivity contribution < 1.29 is 23.8 Å². The summed E-state index contributed by atoms with van der Waals surface area (Å²) in [6.07, 6.45) is 9.13. The van der Waals surface area contributed by atoms with Crippen LogP contribution in [0.15, 0.2) is 12.3 Å². The van der Waals surface area contributed by atoms with Gasteiger partial charge in [0.1, 0.15) is 11.8 Å². The van der Waals surface area contributed by atoms with E-state index in [0.717, 1.165) is 57.9 Å². The van der Waals surface area contributed by atoms with Gasteiger partial charge in [-0.1, -0.05) is 12.8 Å². The first-order valence-electron chi connectivity index (χ1n) is 12.5. The number of Topliss-reactive ketones (excluding diaryl/α,β-unsaturated/α-hetero) is 2. The molecule has 0 aromatic carbocycles. The van der Waals surface area contributed by atoms with Crippen LogP contribution in [0.4, 0.5) is 0 Å². The van der Waals surface area contributed by atoms with Gasteiger partial charge in [0.25, 0.3) is 0 Å². The lowest BCUT2D eigenvalue weighted by atomic mass is 9.57. The smallest absolute Gasteiger partial charge is 0.317 e. The van der Waals surface area contributed by atoms with E-state index in [9.17, 15) is 9.59 Å². The summed E-state index contributed by atoms with van der Waals surface area (Å²) in [5.41, 5.74) is -0.477. The van der Waals surface area contributed by atoms with E-state index in [-0.39, 0.29) is 29.4 Å². The number of nitrogens with zero attached hydrogens (tertiary/aromatic N) is 3. The summed E-state index contributed by atoms with van der Waals surface area (Å²) in [6.45, 7) is 4.09. The second kappa shape index (κ2) is 9.04. The van der Waals surface area contributed by atoms with Crippen LogP contribution in [0.25, 0.3) is 0 Å². The number of hydrogen-bond acceptors (Lipinski definition) is 8. The fraction of sp³-hybridized carbons (Fsp3) is 0.760. The molecule has 180 valence electrons. The van der Waals surface area contributed by atoms with Crippen molar-refractivity contribution in [1.82, 2.24) is 14.9 Å². The molecule has 0 amide bonds. The Labute approximate surface area is 195 Å². The van der Waals surface area contributed by atoms with E-state index in [1.54, 1.807) is 12.3 Å². The Balaban J connectivity index is 1.35. The molecule has 4 fully saturated rings. The van der Waals surface area contributed by atoms with Crippen molar-refractivity contribution in [2.24, 2.45) is 11.3 Å². The second-order valence-electron chi connectivity index (χ2n) is 10.1. The lowest BCUT2D eigenvalue weighted by molar-refractivity contribution is -0.255. The molecule has 2 aliphatic carbocycles. The second-order valence-corrected chi connectivity index (χ2v) is 10.1. The molecular formula is C25H35N3O5. The van der Waals surface area contributed by atoms with Crippen LogP contribution in [0.3, 0.4) is 0 Å². The molecule has 0 radical (unpaired) electrons. The zero-order valence-corrected chi connectivity index (χ0v) is 19.8. The van der Waals surface area contributed by atoms with Crippen LogP contribution in [-0.2, 0) is 14.3 Å². The number of ether oxygens (including phenoxy) is 3. The molecule has 2 unspecified atom stereocenters. The minimum Gasteiger partial charge on any atom is -0.459 e. The molecule has 2 saturated carbocycles. The fourth-order valence-corrected chi connectivity index (χ4v) is 6.65. The van der Waals surface area contributed by atoms with Gasteiger partial charge in [0.05, 0.1) is 24.5 Å². The number of rotatable bonds is 5. The number of ketones is 2. The highest BCUT2D eigenvalue weighted by Crippen LogP contribution is 2.56. The summed E-state index contributed by atoms with van der Waals surface area (Å²) in [5.74, 6) is -1.84. The summed E-state index contributed by atoms with van der Waals surface area (Å²) < 4.78 is 18.2. The topological polar surface area (TPSA) is 90.8 Å². The molecule has 0 bridgehead atoms. The molecular weight excluding hydrogens is 422 g/mol. The summed E-state index contributed by atoms with van der Waals surface area (Å²) in [4.78, 5) is 38.4. The molecule has 1 aromatic rings. The van der Waals surface area contributed by atoms with Gasteiger partial charge < -0.3 is 14.2 Å². The van der Waals surface area contributed by atoms with Crippen molar-refractivity contribution in [3.8, 4) is 6.01 Å². The van der Waals surface area contributed by atoms with Gasteiger partial charge in [0.2, 0.25) is 0 Å². The van der Waals surface area contributed by atoms with Gasteiger partial charge in [-0.15, -0.1) is 0 Å². The Hall–Kier alpha value is -1.90. The standard InChI is InChI=1S/C25H35N3O5/c1-17(20-8-6-14-28(20)2)33-23-26-13-9-19(27-23)21(29)18-7-5-11-24(22(18)30)10-3-4-12-25(24)31-15-16-32-25/h9,13,17-18,20H,3-8,10-12,14-16H2,1-2H3/t17-,18?,20-,24?/m0/s1. The lowest BCUT2D eigenvalue weighted by Crippen LogP contribution is -2.60. The maximum Gasteiger partial charge on any atom is 0.317 e. The molecule has 2 spiro atoms. The van der Waals surface area contributed by atoms with Crippen LogP contribution in [0.5, 0.6) is 6.01 Å². The molecule has 1 aromatic heterocycles. The largest absolute Gasteiger partial charge is 0.459 e. The van der Waals surface area contributed by atoms with Crippen LogP contribution in [0.1, 0.15) is 75.2 Å². The average Bonchev–Trinajstić information content (AvgIpc) is 3.47. The minimum atomic E-state index is -0.857. The number of likely N-dealkylation sites (tertiary alicyclic amines) is 1. The molecule has 2 saturated heterocycles. The van der Waals surface area contributed by atoms with Crippen LogP contribution in [0.2, 0.25) is 0 Å². The first kappa shape index (κ1) is 22.9. The third kappa shape index (κ3) is 3.90. The van der Waals surface area contributed by atoms with Gasteiger partial charge in [-0.05, 0) is 65.1 Å².